The van der Waals surface area contributed by atoms with E-state index >= 15 is 0 Å². The van der Waals surface area contributed by atoms with E-state index in [0.29, 0.717) is 38.6 Å². The lowest BCUT2D eigenvalue weighted by molar-refractivity contribution is -0.146. The van der Waals surface area contributed by atoms with Crippen LogP contribution in [0.4, 0.5) is 0 Å². The minimum absolute atomic E-state index is 0.0148. The highest BCUT2D eigenvalue weighted by molar-refractivity contribution is 5.76. The molecule has 0 aromatic heterocycles. The highest BCUT2D eigenvalue weighted by Gasteiger charge is 2.15. The highest BCUT2D eigenvalue weighted by Crippen LogP contribution is 2.10. The number of ether oxygens (including phenoxy) is 1. The zero-order chi connectivity index (χ0) is 20.2. The monoisotopic (exact) mass is 384 g/mol. The van der Waals surface area contributed by atoms with Crippen molar-refractivity contribution >= 4 is 11.9 Å². The highest BCUT2D eigenvalue weighted by atomic mass is 16.5. The first-order chi connectivity index (χ1) is 13.5. The number of esters is 1. The molecule has 1 unspecified atom stereocenters. The molecule has 6 nitrogen and oxygen atoms in total. The van der Waals surface area contributed by atoms with E-state index in [1.54, 1.807) is 12.1 Å². The molecule has 6 heteroatoms. The van der Waals surface area contributed by atoms with Gasteiger partial charge in [-0.1, -0.05) is 48.9 Å². The normalized spacial score (nSPS) is 11.6. The van der Waals surface area contributed by atoms with E-state index in [1.807, 2.05) is 42.5 Å². The molecule has 0 aliphatic rings. The molecular formula is C22H28N2O4. The molecule has 0 saturated carbocycles. The Hall–Kier alpha value is -2.86. The van der Waals surface area contributed by atoms with Crippen LogP contribution in [0.3, 0.4) is 0 Å². The largest absolute Gasteiger partial charge is 0.508 e. The lowest BCUT2D eigenvalue weighted by atomic mass is 10.1. The Kier molecular flexibility index (Phi) is 9.01. The molecule has 150 valence electrons. The molecule has 2 aromatic carbocycles. The average molecular weight is 384 g/mol. The number of phenols is 1. The predicted molar refractivity (Wildman–Crippen MR) is 108 cm³/mol. The number of aromatic hydroxyl groups is 1. The number of rotatable bonds is 11. The SMILES string of the molecule is NC(CCCCC(=O)NCCc1ccc(O)cc1)C(=O)OCc1ccccc1. The van der Waals surface area contributed by atoms with Crippen molar-refractivity contribution in [1.29, 1.82) is 0 Å². The molecule has 0 aliphatic carbocycles. The number of phenolic OH excluding ortho intramolecular Hbond substituents is 1. The fraction of sp³-hybridized carbons (Fsp3) is 0.364. The van der Waals surface area contributed by atoms with Crippen molar-refractivity contribution in [3.05, 3.63) is 65.7 Å². The Balaban J connectivity index is 1.52. The van der Waals surface area contributed by atoms with Gasteiger partial charge in [0.1, 0.15) is 18.4 Å². The number of carbonyl (C=O) groups is 2. The van der Waals surface area contributed by atoms with E-state index < -0.39 is 12.0 Å². The van der Waals surface area contributed by atoms with Crippen molar-refractivity contribution in [2.24, 2.45) is 5.73 Å². The van der Waals surface area contributed by atoms with E-state index in [1.165, 1.54) is 0 Å². The molecule has 4 N–H and O–H groups in total. The fourth-order valence-corrected chi connectivity index (χ4v) is 2.70. The third kappa shape index (κ3) is 8.22. The number of nitrogens with two attached hydrogens (primary N) is 1. The van der Waals surface area contributed by atoms with Crippen LogP contribution in [0, 0.1) is 0 Å². The summed E-state index contributed by atoms with van der Waals surface area (Å²) >= 11 is 0. The van der Waals surface area contributed by atoms with Gasteiger partial charge in [0.25, 0.3) is 0 Å². The maximum Gasteiger partial charge on any atom is 0.323 e. The smallest absolute Gasteiger partial charge is 0.323 e. The molecule has 0 bridgehead atoms. The first kappa shape index (κ1) is 21.4. The third-order valence-corrected chi connectivity index (χ3v) is 4.37. The summed E-state index contributed by atoms with van der Waals surface area (Å²) in [6.07, 6.45) is 2.97. The number of carbonyl (C=O) groups excluding carboxylic acids is 2. The number of unbranched alkanes of at least 4 members (excludes halogenated alkanes) is 1. The first-order valence-corrected chi connectivity index (χ1v) is 9.55. The molecule has 1 atom stereocenters. The van der Waals surface area contributed by atoms with Crippen LogP contribution in [0.25, 0.3) is 0 Å². The van der Waals surface area contributed by atoms with Crippen molar-refractivity contribution in [3.8, 4) is 5.75 Å². The third-order valence-electron chi connectivity index (χ3n) is 4.37. The second-order valence-electron chi connectivity index (χ2n) is 6.71. The Morgan fingerprint density at radius 3 is 2.43 bits per heavy atom. The lowest BCUT2D eigenvalue weighted by Crippen LogP contribution is -2.32. The summed E-state index contributed by atoms with van der Waals surface area (Å²) in [5.41, 5.74) is 7.84. The number of hydrogen-bond donors (Lipinski definition) is 3. The molecule has 0 fully saturated rings. The van der Waals surface area contributed by atoms with Gasteiger partial charge in [0.05, 0.1) is 0 Å². The Morgan fingerprint density at radius 2 is 1.71 bits per heavy atom. The maximum atomic E-state index is 11.9. The van der Waals surface area contributed by atoms with E-state index in [0.717, 1.165) is 11.1 Å². The van der Waals surface area contributed by atoms with Crippen LogP contribution < -0.4 is 11.1 Å². The molecule has 0 spiro atoms. The van der Waals surface area contributed by atoms with Crippen LogP contribution in [0.15, 0.2) is 54.6 Å². The molecule has 0 aliphatic heterocycles. The summed E-state index contributed by atoms with van der Waals surface area (Å²) in [6, 6.07) is 15.7. The standard InChI is InChI=1S/C22H28N2O4/c23-20(22(27)28-16-18-6-2-1-3-7-18)8-4-5-9-21(26)24-15-14-17-10-12-19(25)13-11-17/h1-3,6-7,10-13,20,25H,4-5,8-9,14-16,23H2,(H,24,26). The van der Waals surface area contributed by atoms with Gasteiger partial charge in [-0.25, -0.2) is 0 Å². The summed E-state index contributed by atoms with van der Waals surface area (Å²) in [4.78, 5) is 23.8. The van der Waals surface area contributed by atoms with E-state index in [9.17, 15) is 14.7 Å². The minimum Gasteiger partial charge on any atom is -0.508 e. The van der Waals surface area contributed by atoms with Gasteiger partial charge in [-0.05, 0) is 42.5 Å². The van der Waals surface area contributed by atoms with Crippen LogP contribution in [-0.4, -0.2) is 29.6 Å². The molecular weight excluding hydrogens is 356 g/mol. The first-order valence-electron chi connectivity index (χ1n) is 9.55. The van der Waals surface area contributed by atoms with Gasteiger partial charge in [-0.2, -0.15) is 0 Å². The van der Waals surface area contributed by atoms with Gasteiger partial charge in [-0.3, -0.25) is 9.59 Å². The summed E-state index contributed by atoms with van der Waals surface area (Å²) in [6.45, 7) is 0.770. The Morgan fingerprint density at radius 1 is 1.00 bits per heavy atom. The zero-order valence-corrected chi connectivity index (χ0v) is 16.0. The Labute approximate surface area is 165 Å². The second kappa shape index (κ2) is 11.8. The quantitative estimate of drug-likeness (QED) is 0.408. The number of nitrogens with one attached hydrogen (secondary N) is 1. The Bertz CT molecular complexity index is 732. The number of hydrogen-bond acceptors (Lipinski definition) is 5. The van der Waals surface area contributed by atoms with E-state index in [-0.39, 0.29) is 18.3 Å². The predicted octanol–water partition coefficient (Wildman–Crippen LogP) is 2.68. The van der Waals surface area contributed by atoms with Crippen molar-refractivity contribution in [2.75, 3.05) is 6.54 Å². The summed E-state index contributed by atoms with van der Waals surface area (Å²) in [5.74, 6) is -0.198. The van der Waals surface area contributed by atoms with E-state index in [4.69, 9.17) is 10.5 Å². The molecule has 0 heterocycles. The van der Waals surface area contributed by atoms with Crippen molar-refractivity contribution in [2.45, 2.75) is 44.8 Å². The van der Waals surface area contributed by atoms with Crippen LogP contribution in [-0.2, 0) is 27.4 Å². The van der Waals surface area contributed by atoms with Gasteiger partial charge < -0.3 is 20.9 Å². The summed E-state index contributed by atoms with van der Waals surface area (Å²) in [7, 11) is 0. The molecule has 1 amide bonds. The van der Waals surface area contributed by atoms with E-state index in [2.05, 4.69) is 5.32 Å². The van der Waals surface area contributed by atoms with Gasteiger partial charge in [0.15, 0.2) is 0 Å². The molecule has 2 rings (SSSR count). The second-order valence-corrected chi connectivity index (χ2v) is 6.71. The van der Waals surface area contributed by atoms with Crippen molar-refractivity contribution in [1.82, 2.24) is 5.32 Å². The van der Waals surface area contributed by atoms with Crippen LogP contribution >= 0.6 is 0 Å². The minimum atomic E-state index is -0.665. The lowest BCUT2D eigenvalue weighted by Gasteiger charge is -2.11. The molecule has 2 aromatic rings. The summed E-state index contributed by atoms with van der Waals surface area (Å²) < 4.78 is 5.21. The molecule has 28 heavy (non-hydrogen) atoms. The average Bonchev–Trinajstić information content (AvgIpc) is 2.71. The van der Waals surface area contributed by atoms with Crippen LogP contribution in [0.2, 0.25) is 0 Å². The van der Waals surface area contributed by atoms with Gasteiger partial charge >= 0.3 is 5.97 Å². The van der Waals surface area contributed by atoms with Gasteiger partial charge in [-0.15, -0.1) is 0 Å². The van der Waals surface area contributed by atoms with Gasteiger partial charge in [0.2, 0.25) is 5.91 Å². The van der Waals surface area contributed by atoms with Crippen molar-refractivity contribution in [3.63, 3.8) is 0 Å². The van der Waals surface area contributed by atoms with Crippen molar-refractivity contribution < 1.29 is 19.4 Å². The number of amides is 1. The maximum absolute atomic E-state index is 11.9. The topological polar surface area (TPSA) is 102 Å². The molecule has 0 radical (unpaired) electrons. The number of benzene rings is 2. The summed E-state index contributed by atoms with van der Waals surface area (Å²) in [5, 5.41) is 12.1. The fourth-order valence-electron chi connectivity index (χ4n) is 2.70. The van der Waals surface area contributed by atoms with Crippen LogP contribution in [0.1, 0.15) is 36.8 Å². The zero-order valence-electron chi connectivity index (χ0n) is 16.0. The van der Waals surface area contributed by atoms with Crippen LogP contribution in [0.5, 0.6) is 5.75 Å². The van der Waals surface area contributed by atoms with Gasteiger partial charge in [0, 0.05) is 13.0 Å². The molecule has 0 saturated heterocycles.